The summed E-state index contributed by atoms with van der Waals surface area (Å²) in [7, 11) is 3.79. The zero-order valence-corrected chi connectivity index (χ0v) is 18.0. The fourth-order valence-electron chi connectivity index (χ4n) is 3.60. The molecule has 1 amide bonds. The van der Waals surface area contributed by atoms with Crippen molar-refractivity contribution < 1.29 is 9.90 Å². The van der Waals surface area contributed by atoms with Crippen molar-refractivity contribution in [3.63, 3.8) is 0 Å². The first-order valence-corrected chi connectivity index (χ1v) is 10.1. The Bertz CT molecular complexity index is 1270. The molecule has 9 heteroatoms. The Balaban J connectivity index is 1.64. The van der Waals surface area contributed by atoms with Gasteiger partial charge in [0.2, 0.25) is 5.91 Å². The highest BCUT2D eigenvalue weighted by atomic mass is 16.3. The molecular weight excluding hydrogens is 394 g/mol. The Morgan fingerprint density at radius 2 is 2.13 bits per heavy atom. The number of benzene rings is 1. The molecule has 0 spiro atoms. The molecule has 0 saturated carbocycles. The van der Waals surface area contributed by atoms with Gasteiger partial charge in [-0.05, 0) is 37.1 Å². The van der Waals surface area contributed by atoms with Crippen molar-refractivity contribution in [2.75, 3.05) is 12.4 Å². The normalized spacial score (nSPS) is 13.0. The fourth-order valence-corrected chi connectivity index (χ4v) is 3.60. The summed E-state index contributed by atoms with van der Waals surface area (Å²) in [5.74, 6) is 0.321. The number of hydrogen-bond acceptors (Lipinski definition) is 6. The lowest BCUT2D eigenvalue weighted by molar-refractivity contribution is -0.127. The molecule has 3 heterocycles. The molecule has 0 aliphatic heterocycles. The quantitative estimate of drug-likeness (QED) is 0.323. The first-order valence-electron chi connectivity index (χ1n) is 10.1. The van der Waals surface area contributed by atoms with E-state index in [1.54, 1.807) is 6.33 Å². The molecule has 1 aromatic carbocycles. The minimum atomic E-state index is -1.29. The average Bonchev–Trinajstić information content (AvgIpc) is 3.34. The molecule has 4 aromatic rings. The summed E-state index contributed by atoms with van der Waals surface area (Å²) in [5.41, 5.74) is 9.92. The van der Waals surface area contributed by atoms with Crippen LogP contribution in [0.15, 0.2) is 36.7 Å². The van der Waals surface area contributed by atoms with Gasteiger partial charge >= 0.3 is 0 Å². The number of imidazole rings is 1. The number of rotatable bonds is 6. The number of nitrogens with zero attached hydrogens (tertiary/aromatic N) is 3. The predicted octanol–water partition coefficient (Wildman–Crippen LogP) is 1.87. The number of carbonyl (C=O) groups excluding carboxylic acids is 1. The lowest BCUT2D eigenvalue weighted by atomic mass is 9.99. The van der Waals surface area contributed by atoms with Gasteiger partial charge in [-0.1, -0.05) is 18.2 Å². The van der Waals surface area contributed by atoms with Gasteiger partial charge in [-0.25, -0.2) is 9.97 Å². The van der Waals surface area contributed by atoms with E-state index in [2.05, 4.69) is 31.7 Å². The third kappa shape index (κ3) is 3.85. The third-order valence-electron chi connectivity index (χ3n) is 5.42. The summed E-state index contributed by atoms with van der Waals surface area (Å²) in [4.78, 5) is 24.7. The van der Waals surface area contributed by atoms with Crippen LogP contribution in [0.1, 0.15) is 19.4 Å². The van der Waals surface area contributed by atoms with Gasteiger partial charge < -0.3 is 31.0 Å². The van der Waals surface area contributed by atoms with Gasteiger partial charge in [0.15, 0.2) is 5.82 Å². The Kier molecular flexibility index (Phi) is 5.16. The smallest absolute Gasteiger partial charge is 0.240 e. The lowest BCUT2D eigenvalue weighted by Crippen LogP contribution is -2.53. The topological polar surface area (TPSA) is 134 Å². The second kappa shape index (κ2) is 7.68. The molecule has 31 heavy (non-hydrogen) atoms. The molecule has 0 radical (unpaired) electrons. The highest BCUT2D eigenvalue weighted by Crippen LogP contribution is 2.31. The molecule has 0 aliphatic carbocycles. The lowest BCUT2D eigenvalue weighted by Gasteiger charge is -2.24. The Hall–Kier alpha value is -3.43. The number of aliphatic hydroxyl groups is 1. The Morgan fingerprint density at radius 3 is 2.84 bits per heavy atom. The molecule has 6 N–H and O–H groups in total. The fraction of sp³-hybridized carbons (Fsp3) is 0.318. The second-order valence-electron chi connectivity index (χ2n) is 8.26. The van der Waals surface area contributed by atoms with E-state index in [0.29, 0.717) is 6.54 Å². The van der Waals surface area contributed by atoms with E-state index >= 15 is 0 Å². The number of pyridine rings is 1. The molecular formula is C22H27N7O2. The van der Waals surface area contributed by atoms with Crippen molar-refractivity contribution in [2.45, 2.75) is 32.0 Å². The number of amides is 1. The molecule has 0 fully saturated rings. The van der Waals surface area contributed by atoms with Gasteiger partial charge in [0.1, 0.15) is 17.2 Å². The number of aryl methyl sites for hydroxylation is 1. The Morgan fingerprint density at radius 1 is 1.35 bits per heavy atom. The van der Waals surface area contributed by atoms with E-state index in [1.165, 1.54) is 13.8 Å². The molecule has 0 unspecified atom stereocenters. The summed E-state index contributed by atoms with van der Waals surface area (Å²) in [6.45, 7) is 3.34. The monoisotopic (exact) mass is 421 g/mol. The minimum absolute atomic E-state index is 0.310. The largest absolute Gasteiger partial charge is 0.388 e. The second-order valence-corrected chi connectivity index (χ2v) is 8.26. The van der Waals surface area contributed by atoms with Crippen LogP contribution >= 0.6 is 0 Å². The maximum Gasteiger partial charge on any atom is 0.240 e. The molecule has 4 rings (SSSR count). The van der Waals surface area contributed by atoms with Crippen molar-refractivity contribution in [1.29, 1.82) is 0 Å². The van der Waals surface area contributed by atoms with Gasteiger partial charge in [-0.2, -0.15) is 0 Å². The van der Waals surface area contributed by atoms with E-state index in [4.69, 9.17) is 5.73 Å². The van der Waals surface area contributed by atoms with Gasteiger partial charge in [-0.15, -0.1) is 0 Å². The van der Waals surface area contributed by atoms with E-state index in [-0.39, 0.29) is 0 Å². The Labute approximate surface area is 179 Å². The molecule has 0 bridgehead atoms. The van der Waals surface area contributed by atoms with Crippen LogP contribution in [-0.2, 0) is 18.4 Å². The number of H-pyrrole nitrogens is 1. The van der Waals surface area contributed by atoms with Crippen LogP contribution in [0.4, 0.5) is 5.82 Å². The molecule has 162 valence electrons. The standard InChI is InChI=1S/C22H27N7O2/c1-22(2,31)18(23)21(30)25-10-12-6-5-7-13(8-12)15-9-14-17-16(26-11-29(17)4)20(24-3)28-19(14)27-15/h5-9,11,18,31H,10,23H2,1-4H3,(H,25,30)(H2,24,27,28)/t18-/m1/s1. The summed E-state index contributed by atoms with van der Waals surface area (Å²) in [5, 5.41) is 16.8. The number of aromatic nitrogens is 4. The van der Waals surface area contributed by atoms with Crippen molar-refractivity contribution in [3.8, 4) is 11.3 Å². The predicted molar refractivity (Wildman–Crippen MR) is 121 cm³/mol. The van der Waals surface area contributed by atoms with Gasteiger partial charge in [0.25, 0.3) is 0 Å². The zero-order valence-electron chi connectivity index (χ0n) is 18.0. The van der Waals surface area contributed by atoms with E-state index in [9.17, 15) is 9.90 Å². The maximum absolute atomic E-state index is 12.2. The molecule has 0 aliphatic rings. The number of nitrogens with two attached hydrogens (primary N) is 1. The number of fused-ring (bicyclic) bond motifs is 3. The summed E-state index contributed by atoms with van der Waals surface area (Å²) in [6, 6.07) is 8.92. The van der Waals surface area contributed by atoms with E-state index in [1.807, 2.05) is 42.9 Å². The van der Waals surface area contributed by atoms with Crippen LogP contribution in [0.3, 0.4) is 0 Å². The van der Waals surface area contributed by atoms with Crippen LogP contribution in [0, 0.1) is 0 Å². The summed E-state index contributed by atoms with van der Waals surface area (Å²) in [6.07, 6.45) is 1.78. The summed E-state index contributed by atoms with van der Waals surface area (Å²) >= 11 is 0. The number of carbonyl (C=O) groups is 1. The molecule has 1 atom stereocenters. The number of aromatic amines is 1. The van der Waals surface area contributed by atoms with Gasteiger partial charge in [-0.3, -0.25) is 4.79 Å². The van der Waals surface area contributed by atoms with E-state index in [0.717, 1.165) is 44.7 Å². The average molecular weight is 422 g/mol. The maximum atomic E-state index is 12.2. The highest BCUT2D eigenvalue weighted by molar-refractivity contribution is 6.07. The molecule has 0 saturated heterocycles. The van der Waals surface area contributed by atoms with Crippen LogP contribution in [-0.4, -0.2) is 49.2 Å². The first kappa shape index (κ1) is 20.8. The van der Waals surface area contributed by atoms with Gasteiger partial charge in [0.05, 0.1) is 17.4 Å². The third-order valence-corrected chi connectivity index (χ3v) is 5.42. The van der Waals surface area contributed by atoms with Crippen LogP contribution in [0.25, 0.3) is 33.3 Å². The number of nitrogens with one attached hydrogen (secondary N) is 3. The van der Waals surface area contributed by atoms with Crippen molar-refractivity contribution in [2.24, 2.45) is 12.8 Å². The SMILES string of the molecule is CNc1nc2[nH]c(-c3cccc(CNC(=O)[C@@H](N)C(C)(C)O)c3)cc2c2c1ncn2C. The molecule has 3 aromatic heterocycles. The van der Waals surface area contributed by atoms with Crippen LogP contribution in [0.2, 0.25) is 0 Å². The summed E-state index contributed by atoms with van der Waals surface area (Å²) < 4.78 is 1.98. The number of anilines is 1. The first-order chi connectivity index (χ1) is 14.7. The van der Waals surface area contributed by atoms with Crippen molar-refractivity contribution in [3.05, 3.63) is 42.2 Å². The van der Waals surface area contributed by atoms with E-state index < -0.39 is 17.6 Å². The molecule has 9 nitrogen and oxygen atoms in total. The van der Waals surface area contributed by atoms with Crippen LogP contribution < -0.4 is 16.4 Å². The van der Waals surface area contributed by atoms with Gasteiger partial charge in [0, 0.05) is 31.7 Å². The zero-order chi connectivity index (χ0) is 22.3. The number of hydrogen-bond donors (Lipinski definition) is 5. The van der Waals surface area contributed by atoms with Crippen LogP contribution in [0.5, 0.6) is 0 Å². The van der Waals surface area contributed by atoms with Crippen molar-refractivity contribution >= 4 is 33.8 Å². The minimum Gasteiger partial charge on any atom is -0.388 e. The van der Waals surface area contributed by atoms with Crippen molar-refractivity contribution in [1.82, 2.24) is 24.8 Å². The highest BCUT2D eigenvalue weighted by Gasteiger charge is 2.29.